The Morgan fingerprint density at radius 2 is 2.28 bits per heavy atom. The van der Waals surface area contributed by atoms with Crippen molar-refractivity contribution in [2.75, 3.05) is 5.73 Å². The summed E-state index contributed by atoms with van der Waals surface area (Å²) in [5.74, 6) is 0.417. The molecule has 2 aromatic rings. The molecule has 0 bridgehead atoms. The van der Waals surface area contributed by atoms with Gasteiger partial charge in [-0.25, -0.2) is 0 Å². The molecule has 0 spiro atoms. The van der Waals surface area contributed by atoms with Gasteiger partial charge >= 0.3 is 0 Å². The number of nitrogens with two attached hydrogens (primary N) is 1. The largest absolute Gasteiger partial charge is 0.388 e. The summed E-state index contributed by atoms with van der Waals surface area (Å²) >= 11 is 0. The van der Waals surface area contributed by atoms with Gasteiger partial charge in [0.1, 0.15) is 5.82 Å². The molecule has 18 heavy (non-hydrogen) atoms. The zero-order valence-corrected chi connectivity index (χ0v) is 10.7. The fourth-order valence-corrected chi connectivity index (χ4v) is 2.00. The topological polar surface area (TPSA) is 92.8 Å². The number of hydrogen-bond acceptors (Lipinski definition) is 4. The number of nitrogens with zero attached hydrogens (tertiary/aromatic N) is 3. The first kappa shape index (κ1) is 12.6. The van der Waals surface area contributed by atoms with E-state index in [2.05, 4.69) is 22.2 Å². The number of hydrogen-bond donors (Lipinski definition) is 3. The van der Waals surface area contributed by atoms with Crippen LogP contribution in [0.3, 0.4) is 0 Å². The summed E-state index contributed by atoms with van der Waals surface area (Å²) in [7, 11) is 0. The number of aryl methyl sites for hydroxylation is 2. The zero-order valence-electron chi connectivity index (χ0n) is 10.7. The maximum atomic E-state index is 10.2. The third kappa shape index (κ3) is 2.38. The number of aromatic amines is 1. The SMILES string of the molecule is CCc1cc(CC(O)c2cn[nH]c2N)n(CC)n1. The smallest absolute Gasteiger partial charge is 0.124 e. The normalized spacial score (nSPS) is 12.8. The number of nitrogen functional groups attached to an aromatic ring is 1. The Morgan fingerprint density at radius 1 is 1.50 bits per heavy atom. The van der Waals surface area contributed by atoms with Gasteiger partial charge in [0, 0.05) is 24.2 Å². The van der Waals surface area contributed by atoms with Crippen molar-refractivity contribution in [3.63, 3.8) is 0 Å². The van der Waals surface area contributed by atoms with Crippen LogP contribution in [-0.4, -0.2) is 25.1 Å². The molecule has 6 nitrogen and oxygen atoms in total. The summed E-state index contributed by atoms with van der Waals surface area (Å²) < 4.78 is 1.92. The fraction of sp³-hybridized carbons (Fsp3) is 0.500. The van der Waals surface area contributed by atoms with E-state index in [9.17, 15) is 5.11 Å². The van der Waals surface area contributed by atoms with Crippen molar-refractivity contribution in [1.29, 1.82) is 0 Å². The van der Waals surface area contributed by atoms with Crippen LogP contribution in [0, 0.1) is 0 Å². The van der Waals surface area contributed by atoms with Crippen molar-refractivity contribution in [2.45, 2.75) is 39.3 Å². The highest BCUT2D eigenvalue weighted by Crippen LogP contribution is 2.22. The van der Waals surface area contributed by atoms with E-state index in [0.29, 0.717) is 17.8 Å². The monoisotopic (exact) mass is 249 g/mol. The second-order valence-corrected chi connectivity index (χ2v) is 4.26. The summed E-state index contributed by atoms with van der Waals surface area (Å²) in [6, 6.07) is 2.03. The first-order valence-corrected chi connectivity index (χ1v) is 6.18. The van der Waals surface area contributed by atoms with Gasteiger partial charge in [-0.3, -0.25) is 9.78 Å². The zero-order chi connectivity index (χ0) is 13.1. The summed E-state index contributed by atoms with van der Waals surface area (Å²) in [4.78, 5) is 0. The number of aliphatic hydroxyl groups is 1. The lowest BCUT2D eigenvalue weighted by Crippen LogP contribution is -2.09. The molecular formula is C12H19N5O. The molecule has 0 aliphatic heterocycles. The maximum absolute atomic E-state index is 10.2. The van der Waals surface area contributed by atoms with Crippen LogP contribution in [0.1, 0.15) is 36.9 Å². The average Bonchev–Trinajstić information content (AvgIpc) is 2.95. The van der Waals surface area contributed by atoms with E-state index in [-0.39, 0.29) is 0 Å². The van der Waals surface area contributed by atoms with Crippen LogP contribution in [-0.2, 0) is 19.4 Å². The van der Waals surface area contributed by atoms with Gasteiger partial charge < -0.3 is 10.8 Å². The number of aliphatic hydroxyl groups excluding tert-OH is 1. The number of aromatic nitrogens is 4. The van der Waals surface area contributed by atoms with E-state index in [0.717, 1.165) is 24.4 Å². The lowest BCUT2D eigenvalue weighted by molar-refractivity contribution is 0.176. The van der Waals surface area contributed by atoms with Gasteiger partial charge in [0.05, 0.1) is 18.0 Å². The number of nitrogens with one attached hydrogen (secondary N) is 1. The molecule has 2 rings (SSSR count). The van der Waals surface area contributed by atoms with Crippen molar-refractivity contribution in [3.05, 3.63) is 29.2 Å². The van der Waals surface area contributed by atoms with E-state index in [1.165, 1.54) is 0 Å². The van der Waals surface area contributed by atoms with E-state index in [4.69, 9.17) is 5.73 Å². The lowest BCUT2D eigenvalue weighted by atomic mass is 10.1. The van der Waals surface area contributed by atoms with Crippen molar-refractivity contribution in [3.8, 4) is 0 Å². The molecule has 2 aromatic heterocycles. The summed E-state index contributed by atoms with van der Waals surface area (Å²) in [6.45, 7) is 4.90. The van der Waals surface area contributed by atoms with Gasteiger partial charge in [-0.15, -0.1) is 0 Å². The van der Waals surface area contributed by atoms with Crippen LogP contribution >= 0.6 is 0 Å². The highest BCUT2D eigenvalue weighted by Gasteiger charge is 2.16. The number of anilines is 1. The molecule has 2 heterocycles. The molecule has 0 aliphatic rings. The van der Waals surface area contributed by atoms with Crippen LogP contribution < -0.4 is 5.73 Å². The molecule has 98 valence electrons. The molecule has 0 amide bonds. The minimum Gasteiger partial charge on any atom is -0.388 e. The number of H-pyrrole nitrogens is 1. The molecular weight excluding hydrogens is 230 g/mol. The Hall–Kier alpha value is -1.82. The van der Waals surface area contributed by atoms with Crippen LogP contribution in [0.5, 0.6) is 0 Å². The second-order valence-electron chi connectivity index (χ2n) is 4.26. The molecule has 0 aliphatic carbocycles. The second kappa shape index (κ2) is 5.22. The van der Waals surface area contributed by atoms with Gasteiger partial charge in [0.15, 0.2) is 0 Å². The van der Waals surface area contributed by atoms with Gasteiger partial charge in [-0.05, 0) is 19.4 Å². The van der Waals surface area contributed by atoms with Crippen LogP contribution in [0.2, 0.25) is 0 Å². The highest BCUT2D eigenvalue weighted by atomic mass is 16.3. The Kier molecular flexibility index (Phi) is 3.66. The predicted octanol–water partition coefficient (Wildman–Crippen LogP) is 1.05. The standard InChI is InChI=1S/C12H19N5O/c1-3-8-5-9(17(4-2)16-8)6-11(18)10-7-14-15-12(10)13/h5,7,11,18H,3-4,6H2,1-2H3,(H3,13,14,15). The third-order valence-corrected chi connectivity index (χ3v) is 3.04. The summed E-state index contributed by atoms with van der Waals surface area (Å²) in [6.07, 6.45) is 2.29. The molecule has 0 aromatic carbocycles. The predicted molar refractivity (Wildman–Crippen MR) is 68.9 cm³/mol. The Bertz CT molecular complexity index is 516. The van der Waals surface area contributed by atoms with Crippen molar-refractivity contribution in [1.82, 2.24) is 20.0 Å². The van der Waals surface area contributed by atoms with E-state index in [1.807, 2.05) is 17.7 Å². The molecule has 0 saturated carbocycles. The summed E-state index contributed by atoms with van der Waals surface area (Å²) in [5.41, 5.74) is 8.39. The molecule has 0 radical (unpaired) electrons. The van der Waals surface area contributed by atoms with Crippen LogP contribution in [0.15, 0.2) is 12.3 Å². The maximum Gasteiger partial charge on any atom is 0.124 e. The van der Waals surface area contributed by atoms with E-state index >= 15 is 0 Å². The van der Waals surface area contributed by atoms with Crippen molar-refractivity contribution < 1.29 is 5.11 Å². The highest BCUT2D eigenvalue weighted by molar-refractivity contribution is 5.39. The van der Waals surface area contributed by atoms with Gasteiger partial charge in [-0.1, -0.05) is 6.92 Å². The quantitative estimate of drug-likeness (QED) is 0.738. The molecule has 0 fully saturated rings. The third-order valence-electron chi connectivity index (χ3n) is 3.04. The molecule has 1 unspecified atom stereocenters. The van der Waals surface area contributed by atoms with Gasteiger partial charge in [-0.2, -0.15) is 10.2 Å². The van der Waals surface area contributed by atoms with E-state index < -0.39 is 6.10 Å². The van der Waals surface area contributed by atoms with E-state index in [1.54, 1.807) is 6.20 Å². The van der Waals surface area contributed by atoms with Crippen LogP contribution in [0.25, 0.3) is 0 Å². The van der Waals surface area contributed by atoms with Gasteiger partial charge in [0.2, 0.25) is 0 Å². The summed E-state index contributed by atoms with van der Waals surface area (Å²) in [5, 5.41) is 21.1. The lowest BCUT2D eigenvalue weighted by Gasteiger charge is -2.10. The first-order chi connectivity index (χ1) is 8.65. The van der Waals surface area contributed by atoms with Gasteiger partial charge in [0.25, 0.3) is 0 Å². The van der Waals surface area contributed by atoms with Crippen molar-refractivity contribution in [2.24, 2.45) is 0 Å². The Morgan fingerprint density at radius 3 is 2.83 bits per heavy atom. The van der Waals surface area contributed by atoms with Crippen molar-refractivity contribution >= 4 is 5.82 Å². The Balaban J connectivity index is 2.18. The molecule has 0 saturated heterocycles. The van der Waals surface area contributed by atoms with Crippen LogP contribution in [0.4, 0.5) is 5.82 Å². The fourth-order valence-electron chi connectivity index (χ4n) is 2.00. The number of rotatable bonds is 5. The Labute approximate surface area is 106 Å². The first-order valence-electron chi connectivity index (χ1n) is 6.18. The molecule has 1 atom stereocenters. The minimum atomic E-state index is -0.657. The molecule has 6 heteroatoms. The average molecular weight is 249 g/mol. The molecule has 4 N–H and O–H groups in total. The minimum absolute atomic E-state index is 0.417.